The Hall–Kier alpha value is -1.09. The second kappa shape index (κ2) is 3.96. The second-order valence-corrected chi connectivity index (χ2v) is 3.87. The Balaban J connectivity index is 2.50. The van der Waals surface area contributed by atoms with Gasteiger partial charge in [-0.05, 0) is 18.6 Å². The first-order chi connectivity index (χ1) is 6.83. The van der Waals surface area contributed by atoms with Gasteiger partial charge in [0.1, 0.15) is 4.64 Å². The molecule has 0 saturated heterocycles. The normalized spacial score (nSPS) is 10.9. The van der Waals surface area contributed by atoms with Crippen LogP contribution < -0.4 is 0 Å². The minimum Gasteiger partial charge on any atom is -0.287 e. The van der Waals surface area contributed by atoms with E-state index in [9.17, 15) is 0 Å². The van der Waals surface area contributed by atoms with Crippen LogP contribution in [0.3, 0.4) is 0 Å². The van der Waals surface area contributed by atoms with Gasteiger partial charge in [0.15, 0.2) is 0 Å². The Kier molecular flexibility index (Phi) is 2.68. The summed E-state index contributed by atoms with van der Waals surface area (Å²) in [7, 11) is 0. The van der Waals surface area contributed by atoms with Crippen molar-refractivity contribution in [1.82, 2.24) is 9.78 Å². The van der Waals surface area contributed by atoms with E-state index in [-0.39, 0.29) is 0 Å². The molecule has 2 aromatic rings. The first kappa shape index (κ1) is 9.46. The molecule has 1 N–H and O–H groups in total. The van der Waals surface area contributed by atoms with Crippen LogP contribution in [-0.2, 0) is 6.54 Å². The second-order valence-electron chi connectivity index (χ2n) is 3.46. The molecular formula is C11H14N2S. The van der Waals surface area contributed by atoms with Crippen molar-refractivity contribution in [3.8, 4) is 0 Å². The average Bonchev–Trinajstić information content (AvgIpc) is 2.54. The topological polar surface area (TPSA) is 20.7 Å². The third-order valence-electron chi connectivity index (χ3n) is 2.41. The number of aromatic nitrogens is 2. The van der Waals surface area contributed by atoms with Crippen LogP contribution >= 0.6 is 12.2 Å². The molecule has 0 unspecified atom stereocenters. The summed E-state index contributed by atoms with van der Waals surface area (Å²) in [5, 5.41) is 4.37. The Morgan fingerprint density at radius 2 is 2.14 bits per heavy atom. The van der Waals surface area contributed by atoms with Crippen LogP contribution in [0.4, 0.5) is 0 Å². The first-order valence-corrected chi connectivity index (χ1v) is 5.41. The number of aryl methyl sites for hydroxylation is 1. The number of nitrogens with zero attached hydrogens (tertiary/aromatic N) is 1. The van der Waals surface area contributed by atoms with Gasteiger partial charge in [0, 0.05) is 11.9 Å². The number of fused-ring (bicyclic) bond motifs is 1. The molecule has 0 atom stereocenters. The highest BCUT2D eigenvalue weighted by molar-refractivity contribution is 7.71. The van der Waals surface area contributed by atoms with Crippen LogP contribution in [0.5, 0.6) is 0 Å². The molecule has 0 spiro atoms. The zero-order valence-electron chi connectivity index (χ0n) is 8.29. The molecule has 1 aromatic heterocycles. The lowest BCUT2D eigenvalue weighted by Crippen LogP contribution is -1.98. The predicted octanol–water partition coefficient (Wildman–Crippen LogP) is 3.50. The highest BCUT2D eigenvalue weighted by atomic mass is 32.1. The Labute approximate surface area is 88.5 Å². The van der Waals surface area contributed by atoms with Gasteiger partial charge in [0.25, 0.3) is 0 Å². The number of nitrogens with one attached hydrogen (secondary N) is 1. The SMILES string of the molecule is CCCCn1[nH]c(=S)c2ccccc21. The van der Waals surface area contributed by atoms with E-state index in [2.05, 4.69) is 28.8 Å². The molecule has 0 aliphatic carbocycles. The van der Waals surface area contributed by atoms with E-state index in [1.807, 2.05) is 12.1 Å². The molecule has 0 aliphatic heterocycles. The van der Waals surface area contributed by atoms with Crippen molar-refractivity contribution in [1.29, 1.82) is 0 Å². The minimum absolute atomic E-state index is 0.844. The van der Waals surface area contributed by atoms with Gasteiger partial charge in [-0.2, -0.15) is 0 Å². The zero-order valence-corrected chi connectivity index (χ0v) is 9.10. The lowest BCUT2D eigenvalue weighted by atomic mass is 10.2. The zero-order chi connectivity index (χ0) is 9.97. The van der Waals surface area contributed by atoms with Crippen molar-refractivity contribution in [3.05, 3.63) is 28.9 Å². The maximum atomic E-state index is 5.25. The van der Waals surface area contributed by atoms with Gasteiger partial charge in [0.05, 0.1) is 5.52 Å². The van der Waals surface area contributed by atoms with E-state index >= 15 is 0 Å². The molecule has 0 fully saturated rings. The van der Waals surface area contributed by atoms with Crippen LogP contribution in [0.15, 0.2) is 24.3 Å². The number of H-pyrrole nitrogens is 1. The van der Waals surface area contributed by atoms with E-state index in [0.29, 0.717) is 0 Å². The van der Waals surface area contributed by atoms with Crippen molar-refractivity contribution < 1.29 is 0 Å². The fourth-order valence-electron chi connectivity index (χ4n) is 1.64. The number of para-hydroxylation sites is 1. The largest absolute Gasteiger partial charge is 0.287 e. The summed E-state index contributed by atoms with van der Waals surface area (Å²) < 4.78 is 2.98. The van der Waals surface area contributed by atoms with Gasteiger partial charge < -0.3 is 0 Å². The molecule has 0 saturated carbocycles. The smallest absolute Gasteiger partial charge is 0.127 e. The molecule has 2 rings (SSSR count). The van der Waals surface area contributed by atoms with Gasteiger partial charge in [-0.25, -0.2) is 0 Å². The molecule has 2 nitrogen and oxygen atoms in total. The van der Waals surface area contributed by atoms with Crippen LogP contribution in [0.25, 0.3) is 10.9 Å². The van der Waals surface area contributed by atoms with Gasteiger partial charge in [-0.3, -0.25) is 9.78 Å². The van der Waals surface area contributed by atoms with Gasteiger partial charge in [-0.15, -0.1) is 0 Å². The number of hydrogen-bond donors (Lipinski definition) is 1. The maximum Gasteiger partial charge on any atom is 0.127 e. The molecule has 14 heavy (non-hydrogen) atoms. The summed E-state index contributed by atoms with van der Waals surface area (Å²) in [6.45, 7) is 3.22. The molecule has 0 amide bonds. The lowest BCUT2D eigenvalue weighted by molar-refractivity contribution is 0.586. The van der Waals surface area contributed by atoms with E-state index in [1.165, 1.54) is 18.4 Å². The van der Waals surface area contributed by atoms with E-state index in [4.69, 9.17) is 12.2 Å². The lowest BCUT2D eigenvalue weighted by Gasteiger charge is -2.02. The monoisotopic (exact) mass is 206 g/mol. The Morgan fingerprint density at radius 1 is 1.36 bits per heavy atom. The summed E-state index contributed by atoms with van der Waals surface area (Å²) in [6, 6.07) is 8.25. The van der Waals surface area contributed by atoms with E-state index in [0.717, 1.165) is 16.6 Å². The fourth-order valence-corrected chi connectivity index (χ4v) is 1.92. The van der Waals surface area contributed by atoms with Crippen molar-refractivity contribution in [2.24, 2.45) is 0 Å². The van der Waals surface area contributed by atoms with Gasteiger partial charge >= 0.3 is 0 Å². The molecule has 3 heteroatoms. The maximum absolute atomic E-state index is 5.25. The molecular weight excluding hydrogens is 192 g/mol. The number of hydrogen-bond acceptors (Lipinski definition) is 1. The minimum atomic E-state index is 0.844. The highest BCUT2D eigenvalue weighted by Crippen LogP contribution is 2.15. The summed E-state index contributed by atoms with van der Waals surface area (Å²) >= 11 is 5.25. The Morgan fingerprint density at radius 3 is 2.93 bits per heavy atom. The van der Waals surface area contributed by atoms with Gasteiger partial charge in [-0.1, -0.05) is 37.7 Å². The third kappa shape index (κ3) is 1.60. The number of unbranched alkanes of at least 4 members (excludes halogenated alkanes) is 1. The standard InChI is InChI=1S/C11H14N2S/c1-2-3-8-13-10-7-5-4-6-9(10)11(14)12-13/h4-7H,2-3,8H2,1H3,(H,12,14). The molecule has 1 heterocycles. The van der Waals surface area contributed by atoms with Crippen LogP contribution in [0.2, 0.25) is 0 Å². The van der Waals surface area contributed by atoms with Crippen LogP contribution in [0, 0.1) is 4.64 Å². The first-order valence-electron chi connectivity index (χ1n) is 5.00. The van der Waals surface area contributed by atoms with Crippen molar-refractivity contribution in [3.63, 3.8) is 0 Å². The van der Waals surface area contributed by atoms with E-state index < -0.39 is 0 Å². The number of benzene rings is 1. The van der Waals surface area contributed by atoms with Crippen molar-refractivity contribution in [2.45, 2.75) is 26.3 Å². The fraction of sp³-hybridized carbons (Fsp3) is 0.364. The van der Waals surface area contributed by atoms with Crippen LogP contribution in [0.1, 0.15) is 19.8 Å². The quantitative estimate of drug-likeness (QED) is 0.762. The molecule has 1 aromatic carbocycles. The number of aromatic amines is 1. The predicted molar refractivity (Wildman–Crippen MR) is 62.0 cm³/mol. The van der Waals surface area contributed by atoms with Crippen molar-refractivity contribution in [2.75, 3.05) is 0 Å². The van der Waals surface area contributed by atoms with Crippen LogP contribution in [-0.4, -0.2) is 9.78 Å². The third-order valence-corrected chi connectivity index (χ3v) is 2.72. The summed E-state index contributed by atoms with van der Waals surface area (Å²) in [4.78, 5) is 0. The molecule has 74 valence electrons. The summed E-state index contributed by atoms with van der Waals surface area (Å²) in [5.41, 5.74) is 1.21. The Bertz CT molecular complexity index is 481. The summed E-state index contributed by atoms with van der Waals surface area (Å²) in [5.74, 6) is 0. The van der Waals surface area contributed by atoms with Gasteiger partial charge in [0.2, 0.25) is 0 Å². The molecule has 0 radical (unpaired) electrons. The highest BCUT2D eigenvalue weighted by Gasteiger charge is 2.01. The van der Waals surface area contributed by atoms with E-state index in [1.54, 1.807) is 0 Å². The molecule has 0 bridgehead atoms. The molecule has 0 aliphatic rings. The number of rotatable bonds is 3. The average molecular weight is 206 g/mol. The summed E-state index contributed by atoms with van der Waals surface area (Å²) in [6.07, 6.45) is 2.39. The van der Waals surface area contributed by atoms with Crippen molar-refractivity contribution >= 4 is 23.1 Å².